The standard InChI is InChI=1S/C66H122O5/c1-3-5-7-9-11-13-15-17-19-21-23-25-27-29-31-33-35-37-39-41-43-45-47-49-51-53-55-57-59-61-66(69)71-64(62-67)63-70-65(68)60-58-56-54-52-50-48-46-44-42-40-38-36-34-32-30-28-26-24-22-20-18-16-14-12-10-8-6-4-2/h5,7,11,13,17,19,23,25,64,67H,3-4,6,8-10,12,14-16,18,20-22,24,26-63H2,1-2H3/b7-5-,13-11-,19-17-,25-23-. The molecule has 0 aromatic heterocycles. The highest BCUT2D eigenvalue weighted by Crippen LogP contribution is 2.18. The summed E-state index contributed by atoms with van der Waals surface area (Å²) < 4.78 is 10.7. The Kier molecular flexibility index (Phi) is 60.3. The predicted molar refractivity (Wildman–Crippen MR) is 311 cm³/mol. The molecular weight excluding hydrogens is 873 g/mol. The van der Waals surface area contributed by atoms with Crippen LogP contribution in [0.3, 0.4) is 0 Å². The number of esters is 2. The Labute approximate surface area is 443 Å². The van der Waals surface area contributed by atoms with Crippen LogP contribution in [0, 0.1) is 0 Å². The summed E-state index contributed by atoms with van der Waals surface area (Å²) in [5, 5.41) is 9.68. The molecule has 5 nitrogen and oxygen atoms in total. The van der Waals surface area contributed by atoms with Crippen LogP contribution in [0.5, 0.6) is 0 Å². The summed E-state index contributed by atoms with van der Waals surface area (Å²) in [5.74, 6) is -0.571. The quantitative estimate of drug-likeness (QED) is 0.0373. The van der Waals surface area contributed by atoms with Gasteiger partial charge in [0.15, 0.2) is 6.10 Å². The molecule has 0 saturated carbocycles. The van der Waals surface area contributed by atoms with E-state index in [1.807, 2.05) is 0 Å². The van der Waals surface area contributed by atoms with Gasteiger partial charge in [-0.1, -0.05) is 326 Å². The summed E-state index contributed by atoms with van der Waals surface area (Å²) in [6, 6.07) is 0. The summed E-state index contributed by atoms with van der Waals surface area (Å²) in [7, 11) is 0. The van der Waals surface area contributed by atoms with Crippen molar-refractivity contribution in [1.82, 2.24) is 0 Å². The van der Waals surface area contributed by atoms with E-state index in [0.29, 0.717) is 12.8 Å². The van der Waals surface area contributed by atoms with Crippen LogP contribution in [0.1, 0.15) is 341 Å². The van der Waals surface area contributed by atoms with E-state index in [1.54, 1.807) is 0 Å². The first-order valence-electron chi connectivity index (χ1n) is 31.7. The Morgan fingerprint density at radius 3 is 0.915 bits per heavy atom. The number of hydrogen-bond acceptors (Lipinski definition) is 5. The Hall–Kier alpha value is -2.14. The molecule has 1 unspecified atom stereocenters. The molecule has 1 N–H and O–H groups in total. The largest absolute Gasteiger partial charge is 0.462 e. The van der Waals surface area contributed by atoms with E-state index in [-0.39, 0.29) is 25.2 Å². The molecule has 416 valence electrons. The van der Waals surface area contributed by atoms with Gasteiger partial charge in [0.05, 0.1) is 6.61 Å². The maximum absolute atomic E-state index is 12.3. The summed E-state index contributed by atoms with van der Waals surface area (Å²) in [4.78, 5) is 24.6. The van der Waals surface area contributed by atoms with Crippen LogP contribution in [0.15, 0.2) is 48.6 Å². The van der Waals surface area contributed by atoms with Gasteiger partial charge in [0, 0.05) is 12.8 Å². The van der Waals surface area contributed by atoms with Crippen LogP contribution in [0.25, 0.3) is 0 Å². The predicted octanol–water partition coefficient (Wildman–Crippen LogP) is 21.6. The second-order valence-electron chi connectivity index (χ2n) is 21.5. The number of hydrogen-bond donors (Lipinski definition) is 1. The van der Waals surface area contributed by atoms with Crippen LogP contribution in [0.2, 0.25) is 0 Å². The van der Waals surface area contributed by atoms with Gasteiger partial charge in [0.2, 0.25) is 0 Å². The maximum Gasteiger partial charge on any atom is 0.306 e. The number of unbranched alkanes of at least 4 members (excludes halogenated alkanes) is 43. The van der Waals surface area contributed by atoms with Crippen LogP contribution >= 0.6 is 0 Å². The van der Waals surface area contributed by atoms with E-state index < -0.39 is 6.10 Å². The van der Waals surface area contributed by atoms with E-state index in [9.17, 15) is 14.7 Å². The zero-order valence-corrected chi connectivity index (χ0v) is 47.8. The minimum atomic E-state index is -0.771. The van der Waals surface area contributed by atoms with Crippen molar-refractivity contribution in [2.45, 2.75) is 347 Å². The van der Waals surface area contributed by atoms with Crippen molar-refractivity contribution < 1.29 is 24.2 Å². The fourth-order valence-electron chi connectivity index (χ4n) is 9.67. The fourth-order valence-corrected chi connectivity index (χ4v) is 9.67. The number of allylic oxidation sites excluding steroid dienone is 8. The third-order valence-corrected chi connectivity index (χ3v) is 14.4. The average molecular weight is 996 g/mol. The van der Waals surface area contributed by atoms with Crippen molar-refractivity contribution in [3.63, 3.8) is 0 Å². The minimum absolute atomic E-state index is 0.0607. The Balaban J connectivity index is 3.41. The normalized spacial score (nSPS) is 12.4. The number of aliphatic hydroxyl groups excluding tert-OH is 1. The van der Waals surface area contributed by atoms with Crippen molar-refractivity contribution in [1.29, 1.82) is 0 Å². The Morgan fingerprint density at radius 1 is 0.338 bits per heavy atom. The van der Waals surface area contributed by atoms with Gasteiger partial charge in [-0.3, -0.25) is 9.59 Å². The van der Waals surface area contributed by atoms with Gasteiger partial charge in [-0.25, -0.2) is 0 Å². The zero-order chi connectivity index (χ0) is 51.3. The lowest BCUT2D eigenvalue weighted by Crippen LogP contribution is -2.28. The van der Waals surface area contributed by atoms with Gasteiger partial charge in [-0.05, 0) is 51.4 Å². The van der Waals surface area contributed by atoms with Crippen molar-refractivity contribution in [3.05, 3.63) is 48.6 Å². The molecule has 1 atom stereocenters. The van der Waals surface area contributed by atoms with E-state index >= 15 is 0 Å². The average Bonchev–Trinajstić information content (AvgIpc) is 3.37. The molecule has 71 heavy (non-hydrogen) atoms. The molecule has 0 aliphatic heterocycles. The lowest BCUT2D eigenvalue weighted by molar-refractivity contribution is -0.161. The summed E-state index contributed by atoms with van der Waals surface area (Å²) in [6.45, 7) is 4.08. The topological polar surface area (TPSA) is 72.8 Å². The van der Waals surface area contributed by atoms with Gasteiger partial charge < -0.3 is 14.6 Å². The molecule has 0 saturated heterocycles. The van der Waals surface area contributed by atoms with Gasteiger partial charge in [0.1, 0.15) is 6.61 Å². The molecule has 0 aliphatic carbocycles. The third-order valence-electron chi connectivity index (χ3n) is 14.4. The van der Waals surface area contributed by atoms with Gasteiger partial charge in [-0.2, -0.15) is 0 Å². The Bertz CT molecular complexity index is 1170. The monoisotopic (exact) mass is 995 g/mol. The third kappa shape index (κ3) is 60.3. The number of ether oxygens (including phenoxy) is 2. The minimum Gasteiger partial charge on any atom is -0.462 e. The SMILES string of the molecule is CC/C=C\C/C=C\C/C=C\C/C=C\CCCCCCCCCCCCCCCCCCC(=O)OC(CO)COC(=O)CCCCCCCCCCCCCCCCCCCCCCCCCCCCCC. The van der Waals surface area contributed by atoms with Gasteiger partial charge >= 0.3 is 11.9 Å². The maximum atomic E-state index is 12.3. The molecule has 5 heteroatoms. The number of carbonyl (C=O) groups excluding carboxylic acids is 2. The van der Waals surface area contributed by atoms with Crippen molar-refractivity contribution >= 4 is 11.9 Å². The molecule has 0 aliphatic rings. The van der Waals surface area contributed by atoms with Crippen LogP contribution in [-0.4, -0.2) is 36.4 Å². The molecule has 0 aromatic rings. The summed E-state index contributed by atoms with van der Waals surface area (Å²) in [6.07, 6.45) is 82.6. The summed E-state index contributed by atoms with van der Waals surface area (Å²) in [5.41, 5.74) is 0. The second kappa shape index (κ2) is 62.2. The lowest BCUT2D eigenvalue weighted by atomic mass is 10.0. The molecule has 0 spiro atoms. The zero-order valence-electron chi connectivity index (χ0n) is 47.8. The first kappa shape index (κ1) is 68.9. The van der Waals surface area contributed by atoms with Crippen molar-refractivity contribution in [2.24, 2.45) is 0 Å². The van der Waals surface area contributed by atoms with Crippen LogP contribution in [0.4, 0.5) is 0 Å². The van der Waals surface area contributed by atoms with Crippen LogP contribution in [-0.2, 0) is 19.1 Å². The first-order chi connectivity index (χ1) is 35.1. The molecule has 0 rings (SSSR count). The molecular formula is C66H122O5. The molecule has 0 fully saturated rings. The van der Waals surface area contributed by atoms with E-state index in [4.69, 9.17) is 9.47 Å². The Morgan fingerprint density at radius 2 is 0.606 bits per heavy atom. The second-order valence-corrected chi connectivity index (χ2v) is 21.5. The van der Waals surface area contributed by atoms with E-state index in [2.05, 4.69) is 62.5 Å². The van der Waals surface area contributed by atoms with Gasteiger partial charge in [0.25, 0.3) is 0 Å². The van der Waals surface area contributed by atoms with Crippen LogP contribution < -0.4 is 0 Å². The lowest BCUT2D eigenvalue weighted by Gasteiger charge is -2.15. The van der Waals surface area contributed by atoms with Crippen molar-refractivity contribution in [2.75, 3.05) is 13.2 Å². The molecule has 0 heterocycles. The fraction of sp³-hybridized carbons (Fsp3) is 0.848. The molecule has 0 bridgehead atoms. The summed E-state index contributed by atoms with van der Waals surface area (Å²) >= 11 is 0. The highest BCUT2D eigenvalue weighted by Gasteiger charge is 2.16. The molecule has 0 aromatic carbocycles. The smallest absolute Gasteiger partial charge is 0.306 e. The first-order valence-corrected chi connectivity index (χ1v) is 31.7. The van der Waals surface area contributed by atoms with E-state index in [1.165, 1.54) is 257 Å². The number of carbonyl (C=O) groups is 2. The molecule has 0 amide bonds. The molecule has 0 radical (unpaired) electrons. The van der Waals surface area contributed by atoms with Gasteiger partial charge in [-0.15, -0.1) is 0 Å². The van der Waals surface area contributed by atoms with E-state index in [0.717, 1.165) is 57.8 Å². The highest BCUT2D eigenvalue weighted by atomic mass is 16.6. The van der Waals surface area contributed by atoms with Crippen molar-refractivity contribution in [3.8, 4) is 0 Å². The highest BCUT2D eigenvalue weighted by molar-refractivity contribution is 5.70. The number of rotatable bonds is 59. The number of aliphatic hydroxyl groups is 1.